The van der Waals surface area contributed by atoms with Crippen molar-refractivity contribution in [2.45, 2.75) is 13.0 Å². The first-order valence-corrected chi connectivity index (χ1v) is 6.54. The van der Waals surface area contributed by atoms with Gasteiger partial charge in [-0.05, 0) is 24.1 Å². The van der Waals surface area contributed by atoms with E-state index in [1.165, 1.54) is 4.68 Å². The van der Waals surface area contributed by atoms with Crippen LogP contribution in [0.15, 0.2) is 59.5 Å². The van der Waals surface area contributed by atoms with Crippen LogP contribution in [0.1, 0.15) is 5.56 Å². The first-order valence-electron chi connectivity index (χ1n) is 6.54. The lowest BCUT2D eigenvalue weighted by atomic mass is 10.1. The number of nitrogens with two attached hydrogens (primary N) is 1. The van der Waals surface area contributed by atoms with Crippen molar-refractivity contribution in [3.05, 3.63) is 70.6 Å². The van der Waals surface area contributed by atoms with Gasteiger partial charge in [0.15, 0.2) is 0 Å². The van der Waals surface area contributed by atoms with E-state index in [9.17, 15) is 4.79 Å². The van der Waals surface area contributed by atoms with Crippen LogP contribution in [-0.4, -0.2) is 9.78 Å². The van der Waals surface area contributed by atoms with Crippen LogP contribution in [0.25, 0.3) is 10.8 Å². The number of benzene rings is 2. The summed E-state index contributed by atoms with van der Waals surface area (Å²) in [5.74, 6) is 0. The molecule has 3 rings (SSSR count). The van der Waals surface area contributed by atoms with Gasteiger partial charge in [-0.15, -0.1) is 0 Å². The fourth-order valence-electron chi connectivity index (χ4n) is 2.28. The number of nitrogen functional groups attached to an aromatic ring is 1. The van der Waals surface area contributed by atoms with E-state index in [-0.39, 0.29) is 5.56 Å². The summed E-state index contributed by atoms with van der Waals surface area (Å²) < 4.78 is 1.49. The van der Waals surface area contributed by atoms with E-state index in [2.05, 4.69) is 5.10 Å². The Hall–Kier alpha value is -2.62. The van der Waals surface area contributed by atoms with E-state index in [0.29, 0.717) is 18.4 Å². The average Bonchev–Trinajstić information content (AvgIpc) is 2.48. The van der Waals surface area contributed by atoms with E-state index >= 15 is 0 Å². The lowest BCUT2D eigenvalue weighted by molar-refractivity contribution is 0.585. The second-order valence-electron chi connectivity index (χ2n) is 4.71. The molecule has 0 saturated carbocycles. The smallest absolute Gasteiger partial charge is 0.274 e. The number of hydrogen-bond acceptors (Lipinski definition) is 3. The zero-order valence-electron chi connectivity index (χ0n) is 11.0. The quantitative estimate of drug-likeness (QED) is 0.739. The van der Waals surface area contributed by atoms with Gasteiger partial charge in [0.2, 0.25) is 0 Å². The lowest BCUT2D eigenvalue weighted by Crippen LogP contribution is -2.23. The Balaban J connectivity index is 1.90. The minimum atomic E-state index is -0.0578. The second kappa shape index (κ2) is 5.17. The number of para-hydroxylation sites is 1. The molecule has 0 aliphatic heterocycles. The van der Waals surface area contributed by atoms with E-state index < -0.39 is 0 Å². The molecule has 0 spiro atoms. The van der Waals surface area contributed by atoms with Crippen LogP contribution < -0.4 is 11.3 Å². The number of fused-ring (bicyclic) bond motifs is 1. The third-order valence-electron chi connectivity index (χ3n) is 3.41. The first kappa shape index (κ1) is 12.4. The predicted octanol–water partition coefficient (Wildman–Crippen LogP) is 2.22. The summed E-state index contributed by atoms with van der Waals surface area (Å²) >= 11 is 0. The van der Waals surface area contributed by atoms with Crippen LogP contribution >= 0.6 is 0 Å². The lowest BCUT2D eigenvalue weighted by Gasteiger charge is -2.07. The van der Waals surface area contributed by atoms with Crippen molar-refractivity contribution >= 4 is 16.5 Å². The van der Waals surface area contributed by atoms with Crippen molar-refractivity contribution in [1.82, 2.24) is 9.78 Å². The molecule has 0 bridgehead atoms. The molecule has 1 aromatic heterocycles. The second-order valence-corrected chi connectivity index (χ2v) is 4.71. The standard InChI is InChI=1S/C16H15N3O/c17-15-8-4-2-5-12(15)9-10-19-16(20)14-7-3-1-6-13(14)11-18-19/h1-8,11H,9-10,17H2. The Kier molecular flexibility index (Phi) is 3.21. The third-order valence-corrected chi connectivity index (χ3v) is 3.41. The molecule has 0 aliphatic carbocycles. The van der Waals surface area contributed by atoms with E-state index in [1.807, 2.05) is 48.5 Å². The molecule has 2 N–H and O–H groups in total. The number of anilines is 1. The SMILES string of the molecule is Nc1ccccc1CCn1ncc2ccccc2c1=O. The molecule has 0 aliphatic rings. The van der Waals surface area contributed by atoms with Gasteiger partial charge in [0.25, 0.3) is 5.56 Å². The van der Waals surface area contributed by atoms with Crippen LogP contribution in [0, 0.1) is 0 Å². The number of hydrogen-bond donors (Lipinski definition) is 1. The average molecular weight is 265 g/mol. The van der Waals surface area contributed by atoms with Crippen LogP contribution in [0.4, 0.5) is 5.69 Å². The van der Waals surface area contributed by atoms with Gasteiger partial charge in [0.1, 0.15) is 0 Å². The molecule has 0 radical (unpaired) electrons. The van der Waals surface area contributed by atoms with Gasteiger partial charge in [-0.3, -0.25) is 4.79 Å². The maximum absolute atomic E-state index is 12.3. The summed E-state index contributed by atoms with van der Waals surface area (Å²) in [5.41, 5.74) is 7.64. The van der Waals surface area contributed by atoms with E-state index in [0.717, 1.165) is 16.6 Å². The van der Waals surface area contributed by atoms with E-state index in [4.69, 9.17) is 5.73 Å². The highest BCUT2D eigenvalue weighted by Gasteiger charge is 2.04. The van der Waals surface area contributed by atoms with Crippen molar-refractivity contribution in [3.63, 3.8) is 0 Å². The van der Waals surface area contributed by atoms with Gasteiger partial charge in [-0.25, -0.2) is 4.68 Å². The van der Waals surface area contributed by atoms with Crippen LogP contribution in [-0.2, 0) is 13.0 Å². The summed E-state index contributed by atoms with van der Waals surface area (Å²) in [6, 6.07) is 15.2. The van der Waals surface area contributed by atoms with Crippen molar-refractivity contribution in [3.8, 4) is 0 Å². The van der Waals surface area contributed by atoms with Gasteiger partial charge in [-0.2, -0.15) is 5.10 Å². The topological polar surface area (TPSA) is 60.9 Å². The monoisotopic (exact) mass is 265 g/mol. The molecule has 4 nitrogen and oxygen atoms in total. The minimum absolute atomic E-state index is 0.0578. The summed E-state index contributed by atoms with van der Waals surface area (Å²) in [7, 11) is 0. The number of rotatable bonds is 3. The fraction of sp³-hybridized carbons (Fsp3) is 0.125. The Morgan fingerprint density at radius 1 is 1.05 bits per heavy atom. The highest BCUT2D eigenvalue weighted by atomic mass is 16.1. The Bertz CT molecular complexity index is 808. The van der Waals surface area contributed by atoms with Crippen molar-refractivity contribution in [2.75, 3.05) is 5.73 Å². The molecule has 3 aromatic rings. The Morgan fingerprint density at radius 2 is 1.80 bits per heavy atom. The molecule has 100 valence electrons. The van der Waals surface area contributed by atoms with Gasteiger partial charge in [0.05, 0.1) is 11.6 Å². The molecule has 0 unspecified atom stereocenters. The summed E-state index contributed by atoms with van der Waals surface area (Å²) in [5, 5.41) is 5.78. The first-order chi connectivity index (χ1) is 9.75. The zero-order valence-corrected chi connectivity index (χ0v) is 11.0. The maximum Gasteiger partial charge on any atom is 0.274 e. The predicted molar refractivity (Wildman–Crippen MR) is 80.6 cm³/mol. The van der Waals surface area contributed by atoms with Crippen LogP contribution in [0.3, 0.4) is 0 Å². The molecule has 2 aromatic carbocycles. The minimum Gasteiger partial charge on any atom is -0.399 e. The van der Waals surface area contributed by atoms with Crippen molar-refractivity contribution < 1.29 is 0 Å². The highest BCUT2D eigenvalue weighted by Crippen LogP contribution is 2.12. The van der Waals surface area contributed by atoms with Crippen LogP contribution in [0.2, 0.25) is 0 Å². The van der Waals surface area contributed by atoms with Crippen molar-refractivity contribution in [2.24, 2.45) is 0 Å². The molecule has 0 atom stereocenters. The molecule has 1 heterocycles. The van der Waals surface area contributed by atoms with E-state index in [1.54, 1.807) is 6.20 Å². The van der Waals surface area contributed by atoms with Gasteiger partial charge >= 0.3 is 0 Å². The molecule has 0 saturated heterocycles. The molecule has 0 fully saturated rings. The number of nitrogens with zero attached hydrogens (tertiary/aromatic N) is 2. The molecule has 0 amide bonds. The largest absolute Gasteiger partial charge is 0.399 e. The normalized spacial score (nSPS) is 10.8. The molecule has 20 heavy (non-hydrogen) atoms. The maximum atomic E-state index is 12.3. The Labute approximate surface area is 116 Å². The summed E-state index contributed by atoms with van der Waals surface area (Å²) in [6.45, 7) is 0.526. The fourth-order valence-corrected chi connectivity index (χ4v) is 2.28. The molecular weight excluding hydrogens is 250 g/mol. The molecule has 4 heteroatoms. The van der Waals surface area contributed by atoms with Crippen LogP contribution in [0.5, 0.6) is 0 Å². The van der Waals surface area contributed by atoms with Gasteiger partial charge < -0.3 is 5.73 Å². The summed E-state index contributed by atoms with van der Waals surface area (Å²) in [6.07, 6.45) is 2.42. The highest BCUT2D eigenvalue weighted by molar-refractivity contribution is 5.80. The molecular formula is C16H15N3O. The van der Waals surface area contributed by atoms with Gasteiger partial charge in [-0.1, -0.05) is 36.4 Å². The third kappa shape index (κ3) is 2.28. The number of aromatic nitrogens is 2. The van der Waals surface area contributed by atoms with Gasteiger partial charge in [0, 0.05) is 17.6 Å². The summed E-state index contributed by atoms with van der Waals surface area (Å²) in [4.78, 5) is 12.3. The zero-order chi connectivity index (χ0) is 13.9. The van der Waals surface area contributed by atoms with Crippen molar-refractivity contribution in [1.29, 1.82) is 0 Å². The Morgan fingerprint density at radius 3 is 2.65 bits per heavy atom. The number of aryl methyl sites for hydroxylation is 2.